The van der Waals surface area contributed by atoms with Crippen LogP contribution in [0.1, 0.15) is 41.6 Å². The maximum Gasteiger partial charge on any atom is 0.251 e. The summed E-state index contributed by atoms with van der Waals surface area (Å²) in [4.78, 5) is 19.2. The van der Waals surface area contributed by atoms with Crippen LogP contribution in [0.3, 0.4) is 0 Å². The van der Waals surface area contributed by atoms with Gasteiger partial charge in [-0.3, -0.25) is 4.79 Å². The second-order valence-corrected chi connectivity index (χ2v) is 6.66. The Morgan fingerprint density at radius 3 is 2.54 bits per heavy atom. The van der Waals surface area contributed by atoms with Crippen LogP contribution in [0, 0.1) is 0 Å². The number of methoxy groups -OCH3 is 1. The van der Waals surface area contributed by atoms with E-state index in [1.807, 2.05) is 30.3 Å². The summed E-state index contributed by atoms with van der Waals surface area (Å²) in [6.45, 7) is 2.65. The largest absolute Gasteiger partial charge is 0.497 e. The van der Waals surface area contributed by atoms with Crippen molar-refractivity contribution in [1.82, 2.24) is 10.3 Å². The van der Waals surface area contributed by atoms with Gasteiger partial charge in [-0.25, -0.2) is 4.98 Å². The highest BCUT2D eigenvalue weighted by Crippen LogP contribution is 2.18. The van der Waals surface area contributed by atoms with E-state index >= 15 is 0 Å². The van der Waals surface area contributed by atoms with Crippen molar-refractivity contribution in [1.29, 1.82) is 0 Å². The van der Waals surface area contributed by atoms with Crippen LogP contribution in [-0.4, -0.2) is 37.6 Å². The van der Waals surface area contributed by atoms with Gasteiger partial charge in [0.2, 0.25) is 0 Å². The number of anilines is 1. The normalized spacial score (nSPS) is 14.6. The van der Waals surface area contributed by atoms with Crippen molar-refractivity contribution in [2.45, 2.75) is 32.1 Å². The molecule has 1 aliphatic heterocycles. The first-order valence-electron chi connectivity index (χ1n) is 9.38. The van der Waals surface area contributed by atoms with Gasteiger partial charge in [-0.1, -0.05) is 25.0 Å². The number of carbonyl (C=O) groups excluding carboxylic acids is 1. The summed E-state index contributed by atoms with van der Waals surface area (Å²) < 4.78 is 5.16. The van der Waals surface area contributed by atoms with Gasteiger partial charge in [0.15, 0.2) is 0 Å². The number of nitrogens with zero attached hydrogens (tertiary/aromatic N) is 2. The van der Waals surface area contributed by atoms with Gasteiger partial charge in [0.05, 0.1) is 7.11 Å². The third-order valence-corrected chi connectivity index (χ3v) is 4.80. The van der Waals surface area contributed by atoms with E-state index in [-0.39, 0.29) is 5.91 Å². The van der Waals surface area contributed by atoms with Gasteiger partial charge in [-0.05, 0) is 49.1 Å². The molecule has 0 atom stereocenters. The van der Waals surface area contributed by atoms with Crippen molar-refractivity contribution in [3.63, 3.8) is 0 Å². The van der Waals surface area contributed by atoms with Gasteiger partial charge in [-0.15, -0.1) is 0 Å². The molecule has 5 nitrogen and oxygen atoms in total. The SMILES string of the molecule is COc1ccc(CCNC(=O)c2ccnc(N3CCCCCC3)c2)cc1. The number of hydrogen-bond acceptors (Lipinski definition) is 4. The molecule has 1 fully saturated rings. The van der Waals surface area contributed by atoms with E-state index in [1.54, 1.807) is 19.4 Å². The Balaban J connectivity index is 1.54. The Morgan fingerprint density at radius 1 is 1.12 bits per heavy atom. The highest BCUT2D eigenvalue weighted by Gasteiger charge is 2.13. The summed E-state index contributed by atoms with van der Waals surface area (Å²) in [7, 11) is 1.66. The lowest BCUT2D eigenvalue weighted by molar-refractivity contribution is 0.0954. The first-order valence-corrected chi connectivity index (χ1v) is 9.38. The second kappa shape index (κ2) is 9.22. The minimum atomic E-state index is -0.0445. The lowest BCUT2D eigenvalue weighted by Crippen LogP contribution is -2.28. The number of aromatic nitrogens is 1. The number of amides is 1. The van der Waals surface area contributed by atoms with E-state index < -0.39 is 0 Å². The van der Waals surface area contributed by atoms with Crippen molar-refractivity contribution < 1.29 is 9.53 Å². The highest BCUT2D eigenvalue weighted by molar-refractivity contribution is 5.94. The molecule has 0 saturated carbocycles. The first-order chi connectivity index (χ1) is 12.8. The maximum atomic E-state index is 12.5. The molecule has 5 heteroatoms. The molecule has 0 bridgehead atoms. The lowest BCUT2D eigenvalue weighted by Gasteiger charge is -2.21. The standard InChI is InChI=1S/C21H27N3O2/c1-26-19-8-6-17(7-9-19)10-12-23-21(25)18-11-13-22-20(16-18)24-14-4-2-3-5-15-24/h6-9,11,13,16H,2-5,10,12,14-15H2,1H3,(H,23,25). The van der Waals surface area contributed by atoms with Gasteiger partial charge in [0, 0.05) is 31.4 Å². The zero-order valence-electron chi connectivity index (χ0n) is 15.4. The minimum absolute atomic E-state index is 0.0445. The number of pyridine rings is 1. The van der Waals surface area contributed by atoms with Crippen LogP contribution in [0.4, 0.5) is 5.82 Å². The van der Waals surface area contributed by atoms with Crippen LogP contribution in [0.5, 0.6) is 5.75 Å². The monoisotopic (exact) mass is 353 g/mol. The number of rotatable bonds is 6. The fourth-order valence-corrected chi connectivity index (χ4v) is 3.25. The molecule has 0 aliphatic carbocycles. The smallest absolute Gasteiger partial charge is 0.251 e. The van der Waals surface area contributed by atoms with E-state index in [0.29, 0.717) is 12.1 Å². The Labute approximate surface area is 155 Å². The van der Waals surface area contributed by atoms with Gasteiger partial charge in [0.1, 0.15) is 11.6 Å². The summed E-state index contributed by atoms with van der Waals surface area (Å²) in [6, 6.07) is 11.6. The molecule has 1 N–H and O–H groups in total. The number of hydrogen-bond donors (Lipinski definition) is 1. The van der Waals surface area contributed by atoms with E-state index in [1.165, 1.54) is 31.2 Å². The lowest BCUT2D eigenvalue weighted by atomic mass is 10.1. The van der Waals surface area contributed by atoms with E-state index in [9.17, 15) is 4.79 Å². The fourth-order valence-electron chi connectivity index (χ4n) is 3.25. The van der Waals surface area contributed by atoms with Crippen LogP contribution < -0.4 is 15.0 Å². The Bertz CT molecular complexity index is 707. The van der Waals surface area contributed by atoms with Crippen LogP contribution in [-0.2, 0) is 6.42 Å². The summed E-state index contributed by atoms with van der Waals surface area (Å²) >= 11 is 0. The summed E-state index contributed by atoms with van der Waals surface area (Å²) in [5.74, 6) is 1.71. The third kappa shape index (κ3) is 4.97. The third-order valence-electron chi connectivity index (χ3n) is 4.80. The average Bonchev–Trinajstić information content (AvgIpc) is 2.98. The molecule has 2 heterocycles. The van der Waals surface area contributed by atoms with E-state index in [4.69, 9.17) is 4.74 Å². The van der Waals surface area contributed by atoms with Crippen molar-refractivity contribution in [3.05, 3.63) is 53.7 Å². The zero-order chi connectivity index (χ0) is 18.2. The average molecular weight is 353 g/mol. The molecule has 1 saturated heterocycles. The predicted octanol–water partition coefficient (Wildman–Crippen LogP) is 3.44. The summed E-state index contributed by atoms with van der Waals surface area (Å²) in [5, 5.41) is 3.00. The van der Waals surface area contributed by atoms with Crippen LogP contribution in [0.2, 0.25) is 0 Å². The molecule has 0 unspecified atom stereocenters. The molecule has 0 spiro atoms. The van der Waals surface area contributed by atoms with E-state index in [2.05, 4.69) is 15.2 Å². The maximum absolute atomic E-state index is 12.5. The molecule has 3 rings (SSSR count). The Morgan fingerprint density at radius 2 is 1.85 bits per heavy atom. The molecule has 0 radical (unpaired) electrons. The quantitative estimate of drug-likeness (QED) is 0.864. The molecule has 1 aromatic heterocycles. The van der Waals surface area contributed by atoms with E-state index in [0.717, 1.165) is 31.1 Å². The minimum Gasteiger partial charge on any atom is -0.497 e. The van der Waals surface area contributed by atoms with Crippen molar-refractivity contribution in [2.75, 3.05) is 31.6 Å². The van der Waals surface area contributed by atoms with Crippen LogP contribution >= 0.6 is 0 Å². The van der Waals surface area contributed by atoms with Crippen molar-refractivity contribution >= 4 is 11.7 Å². The Kier molecular flexibility index (Phi) is 6.47. The highest BCUT2D eigenvalue weighted by atomic mass is 16.5. The number of carbonyl (C=O) groups is 1. The number of nitrogens with one attached hydrogen (secondary N) is 1. The van der Waals surface area contributed by atoms with Gasteiger partial charge in [-0.2, -0.15) is 0 Å². The van der Waals surface area contributed by atoms with Gasteiger partial charge < -0.3 is 15.0 Å². The number of benzene rings is 1. The molecular formula is C21H27N3O2. The van der Waals surface area contributed by atoms with Crippen LogP contribution in [0.25, 0.3) is 0 Å². The first kappa shape index (κ1) is 18.2. The summed E-state index contributed by atoms with van der Waals surface area (Å²) in [5.41, 5.74) is 1.85. The molecular weight excluding hydrogens is 326 g/mol. The number of ether oxygens (including phenoxy) is 1. The topological polar surface area (TPSA) is 54.5 Å². The van der Waals surface area contributed by atoms with Gasteiger partial charge >= 0.3 is 0 Å². The zero-order valence-corrected chi connectivity index (χ0v) is 15.4. The van der Waals surface area contributed by atoms with Crippen LogP contribution in [0.15, 0.2) is 42.6 Å². The molecule has 26 heavy (non-hydrogen) atoms. The molecule has 138 valence electrons. The molecule has 1 amide bonds. The van der Waals surface area contributed by atoms with Crippen molar-refractivity contribution in [3.8, 4) is 5.75 Å². The van der Waals surface area contributed by atoms with Crippen molar-refractivity contribution in [2.24, 2.45) is 0 Å². The molecule has 1 aliphatic rings. The predicted molar refractivity (Wildman–Crippen MR) is 104 cm³/mol. The Hall–Kier alpha value is -2.56. The second-order valence-electron chi connectivity index (χ2n) is 6.66. The van der Waals surface area contributed by atoms with Gasteiger partial charge in [0.25, 0.3) is 5.91 Å². The molecule has 2 aromatic rings. The molecule has 1 aromatic carbocycles. The summed E-state index contributed by atoms with van der Waals surface area (Å²) in [6.07, 6.45) is 7.47. The fraction of sp³-hybridized carbons (Fsp3) is 0.429.